The van der Waals surface area contributed by atoms with E-state index in [0.717, 1.165) is 17.1 Å². The minimum absolute atomic E-state index is 0.139. The standard InChI is InChI=1S/C16H18O.C16H18.C15H23N.C12H14S2.C11H14N4.C10H14/c1-16(2,3)13-9-11-15(12-10-13)17-14-7-5-4-6-8-14;1-16(2,3)15-11-9-14(10-12-15)13-7-5-4-6-8-13;1-15(2,3)13-7-9-14(10-8-13)16-11-5-4-6-12-16;1-12(2,3)11-7-6-10(14-11)9-5-4-8-13-9;1-11(2,3)9-6-4-5-8(7-9)10-12-14-15-13-10;1-10(2,3)9-7-5-4-6-8-9/h4-12H,1-3H3;4-12H,1-3H3;7-10H,4-6,11-12H2,1-3H3;4-8H,1-3H3;4-7H,1-3H3,(H,12,13,14,15);4-8H,1-3H3. The number of para-hydroxylation sites is 1. The van der Waals surface area contributed by atoms with E-state index in [2.05, 4.69) is 307 Å². The van der Waals surface area contributed by atoms with Gasteiger partial charge >= 0.3 is 0 Å². The highest BCUT2D eigenvalue weighted by molar-refractivity contribution is 7.21. The van der Waals surface area contributed by atoms with Crippen molar-refractivity contribution >= 4 is 28.4 Å². The Labute approximate surface area is 538 Å². The summed E-state index contributed by atoms with van der Waals surface area (Å²) in [5.74, 6) is 2.39. The molecule has 0 radical (unpaired) electrons. The molecule has 1 aliphatic heterocycles. The van der Waals surface area contributed by atoms with E-state index in [-0.39, 0.29) is 27.1 Å². The summed E-state index contributed by atoms with van der Waals surface area (Å²) in [6.07, 6.45) is 4.10. The van der Waals surface area contributed by atoms with Crippen LogP contribution < -0.4 is 9.64 Å². The third-order valence-electron chi connectivity index (χ3n) is 15.1. The van der Waals surface area contributed by atoms with Crippen LogP contribution in [0.2, 0.25) is 0 Å². The zero-order valence-electron chi connectivity index (χ0n) is 56.3. The van der Waals surface area contributed by atoms with Gasteiger partial charge in [-0.1, -0.05) is 276 Å². The number of nitrogens with one attached hydrogen (secondary N) is 1. The molecule has 7 aromatic carbocycles. The van der Waals surface area contributed by atoms with Crippen LogP contribution >= 0.6 is 22.7 Å². The molecule has 6 nitrogen and oxygen atoms in total. The lowest BCUT2D eigenvalue weighted by molar-refractivity contribution is 0.481. The summed E-state index contributed by atoms with van der Waals surface area (Å²) >= 11 is 3.72. The molecule has 464 valence electrons. The number of aromatic nitrogens is 4. The maximum absolute atomic E-state index is 5.75. The summed E-state index contributed by atoms with van der Waals surface area (Å²) in [4.78, 5) is 6.74. The molecule has 1 fully saturated rings. The van der Waals surface area contributed by atoms with Crippen molar-refractivity contribution in [1.82, 2.24) is 20.6 Å². The van der Waals surface area contributed by atoms with Crippen LogP contribution in [0.5, 0.6) is 11.5 Å². The quantitative estimate of drug-likeness (QED) is 0.180. The second kappa shape index (κ2) is 31.7. The van der Waals surface area contributed by atoms with E-state index in [0.29, 0.717) is 11.2 Å². The van der Waals surface area contributed by atoms with Crippen molar-refractivity contribution < 1.29 is 4.74 Å². The molecule has 1 N–H and O–H groups in total. The average Bonchev–Trinajstić information content (AvgIpc) is 3.13. The predicted molar refractivity (Wildman–Crippen MR) is 383 cm³/mol. The molecule has 8 heteroatoms. The highest BCUT2D eigenvalue weighted by Crippen LogP contribution is 2.37. The summed E-state index contributed by atoms with van der Waals surface area (Å²) in [7, 11) is 0. The van der Waals surface area contributed by atoms with Crippen LogP contribution in [0.25, 0.3) is 32.3 Å². The molecule has 11 rings (SSSR count). The molecule has 1 saturated heterocycles. The SMILES string of the molecule is CC(C)(C)c1ccc(-c2ccccc2)cc1.CC(C)(C)c1ccc(-c2cccs2)s1.CC(C)(C)c1ccc(N2CCCCC2)cc1.CC(C)(C)c1ccc(Oc2ccccc2)cc1.CC(C)(C)c1cccc(-c2nn[nH]n2)c1.CC(C)(C)c1ccccc1. The first kappa shape index (κ1) is 69.7. The van der Waals surface area contributed by atoms with Crippen molar-refractivity contribution in [1.29, 1.82) is 0 Å². The molecule has 0 unspecified atom stereocenters. The Morgan fingerprint density at radius 3 is 1.27 bits per heavy atom. The summed E-state index contributed by atoms with van der Waals surface area (Å²) in [6.45, 7) is 42.6. The summed E-state index contributed by atoms with van der Waals surface area (Å²) in [5, 5.41) is 16.1. The first-order chi connectivity index (χ1) is 41.4. The van der Waals surface area contributed by atoms with Gasteiger partial charge in [-0.05, 0) is 162 Å². The van der Waals surface area contributed by atoms with Crippen LogP contribution in [0.15, 0.2) is 218 Å². The van der Waals surface area contributed by atoms with Gasteiger partial charge in [0.25, 0.3) is 0 Å². The lowest BCUT2D eigenvalue weighted by Gasteiger charge is -2.29. The number of piperidine rings is 1. The van der Waals surface area contributed by atoms with E-state index in [1.54, 1.807) is 0 Å². The monoisotopic (exact) mass is 1210 g/mol. The van der Waals surface area contributed by atoms with Gasteiger partial charge in [-0.15, -0.1) is 32.9 Å². The number of anilines is 1. The third kappa shape index (κ3) is 23.0. The van der Waals surface area contributed by atoms with Crippen LogP contribution in [0.1, 0.15) is 177 Å². The van der Waals surface area contributed by atoms with E-state index in [1.807, 2.05) is 83.3 Å². The van der Waals surface area contributed by atoms with E-state index < -0.39 is 0 Å². The van der Waals surface area contributed by atoms with Crippen molar-refractivity contribution in [2.45, 2.75) is 176 Å². The number of hydrogen-bond acceptors (Lipinski definition) is 7. The van der Waals surface area contributed by atoms with Gasteiger partial charge in [0.2, 0.25) is 5.82 Å². The third-order valence-corrected chi connectivity index (χ3v) is 17.7. The molecule has 3 aromatic heterocycles. The van der Waals surface area contributed by atoms with Crippen molar-refractivity contribution in [2.75, 3.05) is 18.0 Å². The maximum atomic E-state index is 5.75. The van der Waals surface area contributed by atoms with E-state index in [4.69, 9.17) is 4.74 Å². The number of nitrogens with zero attached hydrogens (tertiary/aromatic N) is 4. The van der Waals surface area contributed by atoms with E-state index >= 15 is 0 Å². The second-order valence-electron chi connectivity index (χ2n) is 28.8. The van der Waals surface area contributed by atoms with Crippen LogP contribution in [0, 0.1) is 0 Å². The highest BCUT2D eigenvalue weighted by Gasteiger charge is 2.19. The summed E-state index contributed by atoms with van der Waals surface area (Å²) in [6, 6.07) is 74.2. The van der Waals surface area contributed by atoms with Gasteiger partial charge in [0.05, 0.1) is 0 Å². The van der Waals surface area contributed by atoms with Crippen LogP contribution in [0.3, 0.4) is 0 Å². The molecule has 0 spiro atoms. The predicted octanol–water partition coefficient (Wildman–Crippen LogP) is 23.3. The van der Waals surface area contributed by atoms with Crippen molar-refractivity contribution in [2.24, 2.45) is 0 Å². The molecule has 10 aromatic rings. The van der Waals surface area contributed by atoms with Gasteiger partial charge < -0.3 is 9.64 Å². The molecule has 0 saturated carbocycles. The van der Waals surface area contributed by atoms with Crippen molar-refractivity contribution in [3.63, 3.8) is 0 Å². The number of tetrazole rings is 1. The summed E-state index contributed by atoms with van der Waals surface area (Å²) < 4.78 is 5.75. The van der Waals surface area contributed by atoms with Crippen LogP contribution in [0.4, 0.5) is 5.69 Å². The molecule has 0 amide bonds. The highest BCUT2D eigenvalue weighted by atomic mass is 32.1. The Morgan fingerprint density at radius 1 is 0.375 bits per heavy atom. The van der Waals surface area contributed by atoms with Gasteiger partial charge in [-0.2, -0.15) is 5.21 Å². The lowest BCUT2D eigenvalue weighted by atomic mass is 9.86. The van der Waals surface area contributed by atoms with Gasteiger partial charge in [0.1, 0.15) is 11.5 Å². The Kier molecular flexibility index (Phi) is 25.1. The number of benzene rings is 7. The largest absolute Gasteiger partial charge is 0.457 e. The fraction of sp³-hybridized carbons (Fsp3) is 0.362. The zero-order valence-corrected chi connectivity index (χ0v) is 58.0. The first-order valence-electron chi connectivity index (χ1n) is 31.3. The second-order valence-corrected chi connectivity index (χ2v) is 30.8. The first-order valence-corrected chi connectivity index (χ1v) is 33.0. The zero-order chi connectivity index (χ0) is 64.2. The number of aromatic amines is 1. The molecular weight excluding hydrogens is 1110 g/mol. The van der Waals surface area contributed by atoms with Crippen molar-refractivity contribution in [3.05, 3.63) is 250 Å². The fourth-order valence-electron chi connectivity index (χ4n) is 9.40. The molecule has 0 bridgehead atoms. The average molecular weight is 1210 g/mol. The Balaban J connectivity index is 0.000000170. The fourth-order valence-corrected chi connectivity index (χ4v) is 11.3. The van der Waals surface area contributed by atoms with E-state index in [1.165, 1.54) is 91.6 Å². The van der Waals surface area contributed by atoms with Gasteiger partial charge in [-0.3, -0.25) is 0 Å². The number of ether oxygens (including phenoxy) is 1. The van der Waals surface area contributed by atoms with Crippen LogP contribution in [-0.2, 0) is 32.5 Å². The Bertz CT molecular complexity index is 3510. The Morgan fingerprint density at radius 2 is 0.818 bits per heavy atom. The molecule has 0 atom stereocenters. The lowest BCUT2D eigenvalue weighted by Crippen LogP contribution is -2.29. The smallest absolute Gasteiger partial charge is 0.204 e. The molecular formula is C80H101N5OS2. The molecule has 0 aliphatic carbocycles. The number of hydrogen-bond donors (Lipinski definition) is 1. The van der Waals surface area contributed by atoms with Crippen LogP contribution in [-0.4, -0.2) is 33.7 Å². The minimum atomic E-state index is 0.139. The van der Waals surface area contributed by atoms with Gasteiger partial charge in [0, 0.05) is 39.0 Å². The van der Waals surface area contributed by atoms with Gasteiger partial charge in [-0.25, -0.2) is 0 Å². The van der Waals surface area contributed by atoms with E-state index in [9.17, 15) is 0 Å². The summed E-state index contributed by atoms with van der Waals surface area (Å²) in [5.41, 5.74) is 13.1. The Hall–Kier alpha value is -7.39. The number of H-pyrrole nitrogens is 1. The normalized spacial score (nSPS) is 12.6. The molecule has 1 aliphatic rings. The number of thiophene rings is 2. The van der Waals surface area contributed by atoms with Gasteiger partial charge in [0.15, 0.2) is 0 Å². The topological polar surface area (TPSA) is 66.9 Å². The molecule has 4 heterocycles. The van der Waals surface area contributed by atoms with Crippen molar-refractivity contribution in [3.8, 4) is 43.8 Å². The minimum Gasteiger partial charge on any atom is -0.457 e. The number of rotatable bonds is 6. The maximum Gasteiger partial charge on any atom is 0.204 e. The molecule has 88 heavy (non-hydrogen) atoms.